The van der Waals surface area contributed by atoms with E-state index in [1.807, 2.05) is 22.8 Å². The third kappa shape index (κ3) is 3.17. The third-order valence-corrected chi connectivity index (χ3v) is 4.75. The van der Waals surface area contributed by atoms with Crippen molar-refractivity contribution >= 4 is 23.4 Å². The van der Waals surface area contributed by atoms with Crippen molar-refractivity contribution in [3.8, 4) is 5.75 Å². The topological polar surface area (TPSA) is 60.2 Å². The van der Waals surface area contributed by atoms with E-state index in [9.17, 15) is 5.11 Å². The molecule has 0 spiro atoms. The fourth-order valence-corrected chi connectivity index (χ4v) is 3.47. The Morgan fingerprint density at radius 3 is 2.86 bits per heavy atom. The number of halogens is 1. The van der Waals surface area contributed by atoms with E-state index < -0.39 is 0 Å². The van der Waals surface area contributed by atoms with Gasteiger partial charge in [0.05, 0.1) is 7.11 Å². The number of rotatable bonds is 6. The Morgan fingerprint density at radius 2 is 2.24 bits per heavy atom. The zero-order valence-electron chi connectivity index (χ0n) is 11.6. The van der Waals surface area contributed by atoms with Gasteiger partial charge in [0.25, 0.3) is 0 Å². The van der Waals surface area contributed by atoms with E-state index in [1.54, 1.807) is 18.9 Å². The molecule has 0 radical (unpaired) electrons. The van der Waals surface area contributed by atoms with Gasteiger partial charge in [0.15, 0.2) is 11.0 Å². The van der Waals surface area contributed by atoms with Crippen LogP contribution in [0, 0.1) is 0 Å². The molecule has 2 aromatic rings. The van der Waals surface area contributed by atoms with Crippen LogP contribution in [0.2, 0.25) is 5.02 Å². The Balaban J connectivity index is 1.74. The molecule has 0 saturated heterocycles. The monoisotopic (exact) mass is 325 g/mol. The van der Waals surface area contributed by atoms with Crippen molar-refractivity contribution in [2.45, 2.75) is 36.4 Å². The summed E-state index contributed by atoms with van der Waals surface area (Å²) in [5, 5.41) is 19.1. The highest BCUT2D eigenvalue weighted by Gasteiger charge is 2.29. The molecule has 1 saturated carbocycles. The predicted molar refractivity (Wildman–Crippen MR) is 81.8 cm³/mol. The highest BCUT2D eigenvalue weighted by atomic mass is 35.5. The molecular formula is C14H16ClN3O2S. The molecule has 0 atom stereocenters. The van der Waals surface area contributed by atoms with Crippen molar-refractivity contribution in [2.75, 3.05) is 7.11 Å². The van der Waals surface area contributed by atoms with Crippen LogP contribution in [0.25, 0.3) is 0 Å². The fraction of sp³-hybridized carbons (Fsp3) is 0.429. The summed E-state index contributed by atoms with van der Waals surface area (Å²) in [5.41, 5.74) is 1.03. The maximum atomic E-state index is 9.33. The Labute approximate surface area is 132 Å². The molecule has 21 heavy (non-hydrogen) atoms. The lowest BCUT2D eigenvalue weighted by Gasteiger charge is -2.08. The van der Waals surface area contributed by atoms with Crippen molar-refractivity contribution in [1.82, 2.24) is 14.8 Å². The van der Waals surface area contributed by atoms with Crippen molar-refractivity contribution < 1.29 is 9.84 Å². The molecular weight excluding hydrogens is 310 g/mol. The Hall–Kier alpha value is -1.24. The highest BCUT2D eigenvalue weighted by Crippen LogP contribution is 2.39. The minimum atomic E-state index is -0.0760. The van der Waals surface area contributed by atoms with E-state index >= 15 is 0 Å². The molecule has 5 nitrogen and oxygen atoms in total. The first-order valence-corrected chi connectivity index (χ1v) is 8.09. The van der Waals surface area contributed by atoms with Gasteiger partial charge in [-0.2, -0.15) is 0 Å². The summed E-state index contributed by atoms with van der Waals surface area (Å²) in [4.78, 5) is 0. The highest BCUT2D eigenvalue weighted by molar-refractivity contribution is 7.98. The average Bonchev–Trinajstić information content (AvgIpc) is 3.26. The van der Waals surface area contributed by atoms with Gasteiger partial charge >= 0.3 is 0 Å². The molecule has 0 aliphatic heterocycles. The van der Waals surface area contributed by atoms with Crippen LogP contribution in [-0.4, -0.2) is 27.0 Å². The molecule has 0 unspecified atom stereocenters. The number of benzene rings is 1. The lowest BCUT2D eigenvalue weighted by Crippen LogP contribution is -2.02. The zero-order chi connectivity index (χ0) is 14.8. The summed E-state index contributed by atoms with van der Waals surface area (Å²) in [7, 11) is 1.62. The molecule has 1 aliphatic rings. The molecule has 1 N–H and O–H groups in total. The number of aliphatic hydroxyl groups excluding tert-OH is 1. The van der Waals surface area contributed by atoms with Gasteiger partial charge in [0.2, 0.25) is 0 Å². The Morgan fingerprint density at radius 1 is 1.43 bits per heavy atom. The molecule has 1 fully saturated rings. The number of aromatic nitrogens is 3. The normalized spacial score (nSPS) is 14.4. The smallest absolute Gasteiger partial charge is 0.191 e. The molecule has 1 heterocycles. The van der Waals surface area contributed by atoms with Gasteiger partial charge in [-0.15, -0.1) is 10.2 Å². The summed E-state index contributed by atoms with van der Waals surface area (Å²) in [6.45, 7) is -0.0760. The maximum absolute atomic E-state index is 9.33. The Bertz CT molecular complexity index is 643. The summed E-state index contributed by atoms with van der Waals surface area (Å²) in [6, 6.07) is 6.10. The number of methoxy groups -OCH3 is 1. The van der Waals surface area contributed by atoms with Crippen molar-refractivity contribution in [1.29, 1.82) is 0 Å². The predicted octanol–water partition coefficient (Wildman–Crippen LogP) is 3.06. The number of nitrogens with zero attached hydrogens (tertiary/aromatic N) is 3. The average molecular weight is 326 g/mol. The third-order valence-electron chi connectivity index (χ3n) is 3.41. The van der Waals surface area contributed by atoms with Crippen LogP contribution in [0.1, 0.15) is 30.3 Å². The van der Waals surface area contributed by atoms with Gasteiger partial charge in [-0.1, -0.05) is 29.4 Å². The van der Waals surface area contributed by atoms with E-state index in [4.69, 9.17) is 16.3 Å². The quantitative estimate of drug-likeness (QED) is 0.827. The van der Waals surface area contributed by atoms with Crippen LogP contribution in [0.5, 0.6) is 5.75 Å². The molecule has 1 aromatic heterocycles. The zero-order valence-corrected chi connectivity index (χ0v) is 13.2. The molecule has 0 bridgehead atoms. The first-order chi connectivity index (χ1) is 10.2. The first-order valence-electron chi connectivity index (χ1n) is 6.72. The number of hydrogen-bond acceptors (Lipinski definition) is 5. The van der Waals surface area contributed by atoms with Gasteiger partial charge in [0, 0.05) is 16.8 Å². The van der Waals surface area contributed by atoms with Crippen LogP contribution in [-0.2, 0) is 12.4 Å². The lowest BCUT2D eigenvalue weighted by molar-refractivity contribution is 0.263. The first kappa shape index (κ1) is 14.7. The summed E-state index contributed by atoms with van der Waals surface area (Å²) in [6.07, 6.45) is 2.25. The second-order valence-electron chi connectivity index (χ2n) is 4.90. The Kier molecular flexibility index (Phi) is 4.37. The molecule has 3 rings (SSSR count). The summed E-state index contributed by atoms with van der Waals surface area (Å²) in [5.74, 6) is 2.09. The van der Waals surface area contributed by atoms with Gasteiger partial charge in [-0.25, -0.2) is 0 Å². The minimum Gasteiger partial charge on any atom is -0.497 e. The van der Waals surface area contributed by atoms with Gasteiger partial charge < -0.3 is 14.4 Å². The van der Waals surface area contributed by atoms with Gasteiger partial charge in [0.1, 0.15) is 12.4 Å². The van der Waals surface area contributed by atoms with E-state index in [0.29, 0.717) is 22.6 Å². The van der Waals surface area contributed by atoms with Gasteiger partial charge in [-0.05, 0) is 30.5 Å². The molecule has 1 aromatic carbocycles. The molecule has 0 amide bonds. The van der Waals surface area contributed by atoms with Gasteiger partial charge in [-0.3, -0.25) is 0 Å². The largest absolute Gasteiger partial charge is 0.497 e. The van der Waals surface area contributed by atoms with Crippen LogP contribution in [0.15, 0.2) is 23.4 Å². The summed E-state index contributed by atoms with van der Waals surface area (Å²) < 4.78 is 7.19. The van der Waals surface area contributed by atoms with Crippen molar-refractivity contribution in [3.63, 3.8) is 0 Å². The standard InChI is InChI=1S/C14H16ClN3O2S/c1-20-11-5-2-9(12(15)6-11)8-21-14-17-16-13(7-19)18(14)10-3-4-10/h2,5-6,10,19H,3-4,7-8H2,1H3. The van der Waals surface area contributed by atoms with Crippen molar-refractivity contribution in [2.24, 2.45) is 0 Å². The number of hydrogen-bond donors (Lipinski definition) is 1. The number of thioether (sulfide) groups is 1. The number of aliphatic hydroxyl groups is 1. The number of ether oxygens (including phenoxy) is 1. The van der Waals surface area contributed by atoms with E-state index in [2.05, 4.69) is 10.2 Å². The maximum Gasteiger partial charge on any atom is 0.191 e. The van der Waals surface area contributed by atoms with Crippen molar-refractivity contribution in [3.05, 3.63) is 34.6 Å². The van der Waals surface area contributed by atoms with E-state index in [1.165, 1.54) is 0 Å². The van der Waals surface area contributed by atoms with Crippen LogP contribution in [0.4, 0.5) is 0 Å². The minimum absolute atomic E-state index is 0.0760. The van der Waals surface area contributed by atoms with Crippen LogP contribution in [0.3, 0.4) is 0 Å². The lowest BCUT2D eigenvalue weighted by atomic mass is 10.2. The van der Waals surface area contributed by atoms with E-state index in [-0.39, 0.29) is 6.61 Å². The van der Waals surface area contributed by atoms with E-state index in [0.717, 1.165) is 29.3 Å². The van der Waals surface area contributed by atoms with Crippen LogP contribution >= 0.6 is 23.4 Å². The van der Waals surface area contributed by atoms with Crippen LogP contribution < -0.4 is 4.74 Å². The molecule has 7 heteroatoms. The fourth-order valence-electron chi connectivity index (χ4n) is 2.13. The molecule has 112 valence electrons. The SMILES string of the molecule is COc1ccc(CSc2nnc(CO)n2C2CC2)c(Cl)c1. The summed E-state index contributed by atoms with van der Waals surface area (Å²) >= 11 is 7.83. The second-order valence-corrected chi connectivity index (χ2v) is 6.25. The second kappa shape index (κ2) is 6.25. The molecule has 1 aliphatic carbocycles.